The zero-order valence-electron chi connectivity index (χ0n) is 17.3. The number of benzene rings is 2. The summed E-state index contributed by atoms with van der Waals surface area (Å²) in [6.07, 6.45) is 0.264. The number of hydrogen-bond donors (Lipinski definition) is 0. The van der Waals surface area contributed by atoms with E-state index in [1.54, 1.807) is 24.1 Å². The van der Waals surface area contributed by atoms with Crippen LogP contribution in [0.1, 0.15) is 5.56 Å². The highest BCUT2D eigenvalue weighted by Crippen LogP contribution is 2.31. The first-order chi connectivity index (χ1) is 14.4. The normalized spacial score (nSPS) is 15.0. The Bertz CT molecular complexity index is 983. The fourth-order valence-electron chi connectivity index (χ4n) is 3.33. The van der Waals surface area contributed by atoms with Crippen molar-refractivity contribution in [1.82, 2.24) is 9.21 Å². The highest BCUT2D eigenvalue weighted by atomic mass is 32.2. The van der Waals surface area contributed by atoms with E-state index in [0.717, 1.165) is 11.3 Å². The molecule has 1 saturated heterocycles. The lowest BCUT2D eigenvalue weighted by Gasteiger charge is -2.34. The molecule has 1 fully saturated rings. The smallest absolute Gasteiger partial charge is 0.247 e. The van der Waals surface area contributed by atoms with Gasteiger partial charge in [-0.05, 0) is 29.8 Å². The third-order valence-corrected chi connectivity index (χ3v) is 7.01. The van der Waals surface area contributed by atoms with Gasteiger partial charge < -0.3 is 19.1 Å². The lowest BCUT2D eigenvalue weighted by molar-refractivity contribution is -0.131. The summed E-state index contributed by atoms with van der Waals surface area (Å²) < 4.78 is 43.2. The number of piperazine rings is 1. The van der Waals surface area contributed by atoms with E-state index in [4.69, 9.17) is 14.2 Å². The number of carbonyl (C=O) groups excluding carboxylic acids is 1. The molecule has 1 heterocycles. The molecule has 0 bridgehead atoms. The molecule has 0 unspecified atom stereocenters. The van der Waals surface area contributed by atoms with E-state index in [2.05, 4.69) is 0 Å². The SMILES string of the molecule is COc1ccc(CC(=O)N2CCN(S(=O)(=O)c3cc(OC)ccc3OC)CC2)cc1. The van der Waals surface area contributed by atoms with Gasteiger partial charge in [-0.1, -0.05) is 12.1 Å². The number of hydrogen-bond acceptors (Lipinski definition) is 6. The third kappa shape index (κ3) is 4.68. The predicted octanol–water partition coefficient (Wildman–Crippen LogP) is 1.79. The Hall–Kier alpha value is -2.78. The van der Waals surface area contributed by atoms with E-state index in [-0.39, 0.29) is 36.1 Å². The van der Waals surface area contributed by atoms with Crippen molar-refractivity contribution in [2.24, 2.45) is 0 Å². The van der Waals surface area contributed by atoms with Gasteiger partial charge in [0.25, 0.3) is 0 Å². The first-order valence-corrected chi connectivity index (χ1v) is 11.0. The first kappa shape index (κ1) is 21.9. The van der Waals surface area contributed by atoms with Crippen LogP contribution in [0.15, 0.2) is 47.4 Å². The Morgan fingerprint density at radius 2 is 1.47 bits per heavy atom. The maximum absolute atomic E-state index is 13.1. The second-order valence-electron chi connectivity index (χ2n) is 6.83. The molecule has 0 saturated carbocycles. The van der Waals surface area contributed by atoms with E-state index >= 15 is 0 Å². The van der Waals surface area contributed by atoms with Crippen molar-refractivity contribution < 1.29 is 27.4 Å². The predicted molar refractivity (Wildman–Crippen MR) is 112 cm³/mol. The van der Waals surface area contributed by atoms with Crippen molar-refractivity contribution in [3.8, 4) is 17.2 Å². The molecule has 2 aromatic carbocycles. The van der Waals surface area contributed by atoms with Crippen molar-refractivity contribution >= 4 is 15.9 Å². The molecule has 1 aliphatic heterocycles. The van der Waals surface area contributed by atoms with Crippen LogP contribution in [0.2, 0.25) is 0 Å². The summed E-state index contributed by atoms with van der Waals surface area (Å²) in [6.45, 7) is 1.11. The number of ether oxygens (including phenoxy) is 3. The van der Waals surface area contributed by atoms with Gasteiger partial charge in [0.2, 0.25) is 15.9 Å². The molecular weight excluding hydrogens is 408 g/mol. The number of nitrogens with zero attached hydrogens (tertiary/aromatic N) is 2. The van der Waals surface area contributed by atoms with Crippen LogP contribution in [0.5, 0.6) is 17.2 Å². The van der Waals surface area contributed by atoms with Crippen LogP contribution < -0.4 is 14.2 Å². The van der Waals surface area contributed by atoms with Gasteiger partial charge in [0, 0.05) is 32.2 Å². The van der Waals surface area contributed by atoms with Crippen molar-refractivity contribution in [2.45, 2.75) is 11.3 Å². The zero-order chi connectivity index (χ0) is 21.7. The molecule has 0 atom stereocenters. The molecule has 8 nitrogen and oxygen atoms in total. The van der Waals surface area contributed by atoms with Gasteiger partial charge in [0.1, 0.15) is 22.1 Å². The van der Waals surface area contributed by atoms with Gasteiger partial charge in [-0.25, -0.2) is 8.42 Å². The van der Waals surface area contributed by atoms with Crippen LogP contribution >= 0.6 is 0 Å². The maximum Gasteiger partial charge on any atom is 0.247 e. The molecule has 0 N–H and O–H groups in total. The summed E-state index contributed by atoms with van der Waals surface area (Å²) in [7, 11) is 0.720. The number of amides is 1. The van der Waals surface area contributed by atoms with Crippen LogP contribution in [0.3, 0.4) is 0 Å². The summed E-state index contributed by atoms with van der Waals surface area (Å²) in [5.74, 6) is 1.39. The Morgan fingerprint density at radius 1 is 0.867 bits per heavy atom. The average molecular weight is 435 g/mol. The van der Waals surface area contributed by atoms with E-state index in [9.17, 15) is 13.2 Å². The molecule has 1 amide bonds. The summed E-state index contributed by atoms with van der Waals surface area (Å²) in [4.78, 5) is 14.4. The van der Waals surface area contributed by atoms with E-state index in [1.165, 1.54) is 24.6 Å². The molecule has 0 aromatic heterocycles. The fraction of sp³-hybridized carbons (Fsp3) is 0.381. The molecule has 3 rings (SSSR count). The summed E-state index contributed by atoms with van der Waals surface area (Å²) in [6, 6.07) is 12.0. The van der Waals surface area contributed by atoms with Crippen molar-refractivity contribution in [1.29, 1.82) is 0 Å². The molecule has 0 spiro atoms. The Morgan fingerprint density at radius 3 is 2.03 bits per heavy atom. The molecule has 30 heavy (non-hydrogen) atoms. The van der Waals surface area contributed by atoms with Crippen molar-refractivity contribution in [3.05, 3.63) is 48.0 Å². The van der Waals surface area contributed by atoms with Gasteiger partial charge in [-0.3, -0.25) is 4.79 Å². The van der Waals surface area contributed by atoms with Gasteiger partial charge in [0.05, 0.1) is 27.8 Å². The highest BCUT2D eigenvalue weighted by molar-refractivity contribution is 7.89. The van der Waals surface area contributed by atoms with Crippen LogP contribution in [-0.2, 0) is 21.2 Å². The molecule has 9 heteroatoms. The Kier molecular flexibility index (Phi) is 6.84. The Labute approximate surface area is 177 Å². The highest BCUT2D eigenvalue weighted by Gasteiger charge is 2.32. The molecule has 2 aromatic rings. The quantitative estimate of drug-likeness (QED) is 0.661. The standard InChI is InChI=1S/C21H26N2O6S/c1-27-17-6-4-16(5-7-17)14-21(24)22-10-12-23(13-11-22)30(25,26)20-15-18(28-2)8-9-19(20)29-3/h4-9,15H,10-14H2,1-3H3. The number of methoxy groups -OCH3 is 3. The summed E-state index contributed by atoms with van der Waals surface area (Å²) in [5.41, 5.74) is 0.886. The van der Waals surface area contributed by atoms with Gasteiger partial charge in [-0.2, -0.15) is 4.31 Å². The molecule has 0 aliphatic carbocycles. The molecule has 1 aliphatic rings. The van der Waals surface area contributed by atoms with Crippen LogP contribution in [0.4, 0.5) is 0 Å². The van der Waals surface area contributed by atoms with Gasteiger partial charge >= 0.3 is 0 Å². The summed E-state index contributed by atoms with van der Waals surface area (Å²) >= 11 is 0. The lowest BCUT2D eigenvalue weighted by atomic mass is 10.1. The zero-order valence-corrected chi connectivity index (χ0v) is 18.1. The van der Waals surface area contributed by atoms with Crippen LogP contribution in [0.25, 0.3) is 0 Å². The number of sulfonamides is 1. The second-order valence-corrected chi connectivity index (χ2v) is 8.73. The van der Waals surface area contributed by atoms with E-state index < -0.39 is 10.0 Å². The van der Waals surface area contributed by atoms with Gasteiger partial charge in [-0.15, -0.1) is 0 Å². The molecule has 162 valence electrons. The minimum absolute atomic E-state index is 0.0313. The van der Waals surface area contributed by atoms with Crippen LogP contribution in [0, 0.1) is 0 Å². The minimum Gasteiger partial charge on any atom is -0.497 e. The second kappa shape index (κ2) is 9.36. The minimum atomic E-state index is -3.78. The molecular formula is C21H26N2O6S. The average Bonchev–Trinajstić information content (AvgIpc) is 2.79. The Balaban J connectivity index is 1.66. The number of carbonyl (C=O) groups is 1. The van der Waals surface area contributed by atoms with E-state index in [0.29, 0.717) is 18.8 Å². The first-order valence-electron chi connectivity index (χ1n) is 9.52. The lowest BCUT2D eigenvalue weighted by Crippen LogP contribution is -2.50. The largest absolute Gasteiger partial charge is 0.497 e. The van der Waals surface area contributed by atoms with E-state index in [1.807, 2.05) is 24.3 Å². The maximum atomic E-state index is 13.1. The summed E-state index contributed by atoms with van der Waals surface area (Å²) in [5, 5.41) is 0. The molecule has 0 radical (unpaired) electrons. The van der Waals surface area contributed by atoms with Crippen LogP contribution in [-0.4, -0.2) is 71.0 Å². The van der Waals surface area contributed by atoms with Crippen molar-refractivity contribution in [2.75, 3.05) is 47.5 Å². The topological polar surface area (TPSA) is 85.4 Å². The fourth-order valence-corrected chi connectivity index (χ4v) is 4.93. The van der Waals surface area contributed by atoms with Crippen molar-refractivity contribution in [3.63, 3.8) is 0 Å². The third-order valence-electron chi connectivity index (χ3n) is 5.09. The monoisotopic (exact) mass is 434 g/mol. The number of rotatable bonds is 7. The van der Waals surface area contributed by atoms with Gasteiger partial charge in [0.15, 0.2) is 0 Å².